The number of aromatic amines is 1. The maximum atomic E-state index is 11.9. The molecule has 0 fully saturated rings. The van der Waals surface area contributed by atoms with E-state index >= 15 is 0 Å². The van der Waals surface area contributed by atoms with E-state index in [1.807, 2.05) is 48.5 Å². The molecule has 2 aromatic heterocycles. The smallest absolute Gasteiger partial charge is 0.272 e. The first-order valence-electron chi connectivity index (χ1n) is 5.63. The molecule has 1 aromatic carbocycles. The number of benzene rings is 1. The van der Waals surface area contributed by atoms with Crippen LogP contribution in [0.4, 0.5) is 11.5 Å². The summed E-state index contributed by atoms with van der Waals surface area (Å²) in [6.45, 7) is 0. The number of pyridine rings is 2. The fraction of sp³-hybridized carbons (Fsp3) is 0. The Morgan fingerprint density at radius 2 is 1.89 bits per heavy atom. The second-order valence-corrected chi connectivity index (χ2v) is 3.94. The molecular weight excluding hydrogens is 226 g/mol. The molecule has 88 valence electrons. The normalized spacial score (nSPS) is 10.4. The van der Waals surface area contributed by atoms with Gasteiger partial charge in [-0.15, -0.1) is 0 Å². The second kappa shape index (κ2) is 4.33. The van der Waals surface area contributed by atoms with E-state index in [2.05, 4.69) is 15.3 Å². The summed E-state index contributed by atoms with van der Waals surface area (Å²) in [6.07, 6.45) is 1.68. The van der Waals surface area contributed by atoms with Crippen LogP contribution in [0.25, 0.3) is 10.9 Å². The lowest BCUT2D eigenvalue weighted by atomic mass is 10.2. The van der Waals surface area contributed by atoms with Crippen LogP contribution in [0.15, 0.2) is 59.5 Å². The number of hydrogen-bond acceptors (Lipinski definition) is 3. The molecule has 0 amide bonds. The third kappa shape index (κ3) is 1.96. The van der Waals surface area contributed by atoms with Gasteiger partial charge in [0.1, 0.15) is 11.5 Å². The Labute approximate surface area is 103 Å². The van der Waals surface area contributed by atoms with Crippen LogP contribution in [0.2, 0.25) is 0 Å². The van der Waals surface area contributed by atoms with E-state index in [1.54, 1.807) is 6.20 Å². The van der Waals surface area contributed by atoms with E-state index in [0.717, 1.165) is 10.9 Å². The van der Waals surface area contributed by atoms with Crippen LogP contribution >= 0.6 is 0 Å². The van der Waals surface area contributed by atoms with Crippen LogP contribution in [0, 0.1) is 0 Å². The summed E-state index contributed by atoms with van der Waals surface area (Å²) in [5, 5.41) is 3.99. The molecule has 18 heavy (non-hydrogen) atoms. The predicted molar refractivity (Wildman–Crippen MR) is 72.1 cm³/mol. The lowest BCUT2D eigenvalue weighted by Crippen LogP contribution is -2.11. The van der Waals surface area contributed by atoms with Gasteiger partial charge in [-0.25, -0.2) is 4.98 Å². The van der Waals surface area contributed by atoms with Gasteiger partial charge in [0.2, 0.25) is 0 Å². The highest BCUT2D eigenvalue weighted by atomic mass is 16.1. The van der Waals surface area contributed by atoms with Crippen molar-refractivity contribution in [1.82, 2.24) is 9.97 Å². The van der Waals surface area contributed by atoms with Crippen molar-refractivity contribution in [1.29, 1.82) is 0 Å². The SMILES string of the molecule is O=c1[nH]c2ccccc2cc1Nc1ccccn1. The van der Waals surface area contributed by atoms with Crippen LogP contribution in [0.5, 0.6) is 0 Å². The van der Waals surface area contributed by atoms with E-state index in [-0.39, 0.29) is 5.56 Å². The first-order valence-corrected chi connectivity index (χ1v) is 5.63. The Hall–Kier alpha value is -2.62. The van der Waals surface area contributed by atoms with Crippen LogP contribution < -0.4 is 10.9 Å². The monoisotopic (exact) mass is 237 g/mol. The first kappa shape index (κ1) is 10.5. The van der Waals surface area contributed by atoms with E-state index in [9.17, 15) is 4.79 Å². The molecule has 2 heterocycles. The standard InChI is InChI=1S/C14H11N3O/c18-14-12(16-13-7-3-4-8-15-13)9-10-5-1-2-6-11(10)17-14/h1-9H,(H,15,16)(H,17,18). The number of fused-ring (bicyclic) bond motifs is 1. The molecular formula is C14H11N3O. The zero-order valence-electron chi connectivity index (χ0n) is 9.55. The van der Waals surface area contributed by atoms with Crippen molar-refractivity contribution in [2.45, 2.75) is 0 Å². The van der Waals surface area contributed by atoms with Gasteiger partial charge in [-0.2, -0.15) is 0 Å². The van der Waals surface area contributed by atoms with Crippen LogP contribution in [0.1, 0.15) is 0 Å². The molecule has 0 spiro atoms. The molecule has 0 unspecified atom stereocenters. The fourth-order valence-corrected chi connectivity index (χ4v) is 1.81. The Balaban J connectivity index is 2.07. The maximum Gasteiger partial charge on any atom is 0.272 e. The second-order valence-electron chi connectivity index (χ2n) is 3.94. The molecule has 0 bridgehead atoms. The summed E-state index contributed by atoms with van der Waals surface area (Å²) < 4.78 is 0. The highest BCUT2D eigenvalue weighted by Gasteiger charge is 2.02. The number of rotatable bonds is 2. The Bertz CT molecular complexity index is 735. The molecule has 0 aliphatic rings. The van der Waals surface area contributed by atoms with Gasteiger partial charge in [0.05, 0.1) is 0 Å². The summed E-state index contributed by atoms with van der Waals surface area (Å²) >= 11 is 0. The number of para-hydroxylation sites is 1. The molecule has 3 rings (SSSR count). The summed E-state index contributed by atoms with van der Waals surface area (Å²) in [5.41, 5.74) is 1.17. The third-order valence-corrected chi connectivity index (χ3v) is 2.68. The topological polar surface area (TPSA) is 57.8 Å². The molecule has 4 heteroatoms. The van der Waals surface area contributed by atoms with Gasteiger partial charge in [0, 0.05) is 17.1 Å². The van der Waals surface area contributed by atoms with E-state index < -0.39 is 0 Å². The van der Waals surface area contributed by atoms with Gasteiger partial charge < -0.3 is 10.3 Å². The molecule has 2 N–H and O–H groups in total. The molecule has 0 radical (unpaired) electrons. The highest BCUT2D eigenvalue weighted by Crippen LogP contribution is 2.15. The minimum absolute atomic E-state index is 0.153. The molecule has 0 atom stereocenters. The Kier molecular flexibility index (Phi) is 2.53. The number of anilines is 2. The predicted octanol–water partition coefficient (Wildman–Crippen LogP) is 2.67. The molecule has 0 saturated carbocycles. The van der Waals surface area contributed by atoms with Crippen molar-refractivity contribution in [2.75, 3.05) is 5.32 Å². The lowest BCUT2D eigenvalue weighted by Gasteiger charge is -2.05. The third-order valence-electron chi connectivity index (χ3n) is 2.68. The van der Waals surface area contributed by atoms with Crippen LogP contribution in [0.3, 0.4) is 0 Å². The fourth-order valence-electron chi connectivity index (χ4n) is 1.81. The molecule has 4 nitrogen and oxygen atoms in total. The number of aromatic nitrogens is 2. The van der Waals surface area contributed by atoms with Crippen LogP contribution in [-0.4, -0.2) is 9.97 Å². The van der Waals surface area contributed by atoms with Gasteiger partial charge in [-0.05, 0) is 24.3 Å². The van der Waals surface area contributed by atoms with Gasteiger partial charge in [0.15, 0.2) is 0 Å². The van der Waals surface area contributed by atoms with Crippen molar-refractivity contribution < 1.29 is 0 Å². The quantitative estimate of drug-likeness (QED) is 0.720. The zero-order valence-corrected chi connectivity index (χ0v) is 9.55. The molecule has 3 aromatic rings. The van der Waals surface area contributed by atoms with Gasteiger partial charge >= 0.3 is 0 Å². The number of hydrogen-bond donors (Lipinski definition) is 2. The number of nitrogens with zero attached hydrogens (tertiary/aromatic N) is 1. The van der Waals surface area contributed by atoms with Gasteiger partial charge in [-0.3, -0.25) is 4.79 Å². The zero-order chi connectivity index (χ0) is 12.4. The van der Waals surface area contributed by atoms with Crippen LogP contribution in [-0.2, 0) is 0 Å². The van der Waals surface area contributed by atoms with Crippen molar-refractivity contribution in [3.63, 3.8) is 0 Å². The highest BCUT2D eigenvalue weighted by molar-refractivity contribution is 5.82. The number of H-pyrrole nitrogens is 1. The van der Waals surface area contributed by atoms with E-state index in [1.165, 1.54) is 0 Å². The average molecular weight is 237 g/mol. The largest absolute Gasteiger partial charge is 0.336 e. The minimum atomic E-state index is -0.153. The summed E-state index contributed by atoms with van der Waals surface area (Å²) in [6, 6.07) is 15.0. The van der Waals surface area contributed by atoms with Crippen molar-refractivity contribution in [3.05, 3.63) is 65.1 Å². The Morgan fingerprint density at radius 3 is 2.72 bits per heavy atom. The first-order chi connectivity index (χ1) is 8.83. The lowest BCUT2D eigenvalue weighted by molar-refractivity contribution is 1.26. The Morgan fingerprint density at radius 1 is 1.06 bits per heavy atom. The minimum Gasteiger partial charge on any atom is -0.336 e. The van der Waals surface area contributed by atoms with E-state index in [4.69, 9.17) is 0 Å². The summed E-state index contributed by atoms with van der Waals surface area (Å²) in [5.74, 6) is 0.651. The molecule has 0 aliphatic heterocycles. The van der Waals surface area contributed by atoms with Gasteiger partial charge in [0.25, 0.3) is 5.56 Å². The molecule has 0 saturated heterocycles. The molecule has 0 aliphatic carbocycles. The average Bonchev–Trinajstić information content (AvgIpc) is 2.41. The van der Waals surface area contributed by atoms with Crippen molar-refractivity contribution in [2.24, 2.45) is 0 Å². The summed E-state index contributed by atoms with van der Waals surface area (Å²) in [7, 11) is 0. The van der Waals surface area contributed by atoms with Gasteiger partial charge in [-0.1, -0.05) is 24.3 Å². The number of nitrogens with one attached hydrogen (secondary N) is 2. The van der Waals surface area contributed by atoms with Crippen molar-refractivity contribution >= 4 is 22.4 Å². The van der Waals surface area contributed by atoms with E-state index in [0.29, 0.717) is 11.5 Å². The van der Waals surface area contributed by atoms with Crippen molar-refractivity contribution in [3.8, 4) is 0 Å². The summed E-state index contributed by atoms with van der Waals surface area (Å²) in [4.78, 5) is 18.9. The maximum absolute atomic E-state index is 11.9.